The monoisotopic (exact) mass is 249 g/mol. The maximum atomic E-state index is 13.7. The molecule has 1 aromatic carbocycles. The fourth-order valence-corrected chi connectivity index (χ4v) is 2.89. The SMILES string of the molecule is Fc1cccc2c(Cl)cc(C3CCCC3)nc12. The lowest BCUT2D eigenvalue weighted by molar-refractivity contribution is 0.633. The zero-order valence-corrected chi connectivity index (χ0v) is 10.2. The molecule has 0 spiro atoms. The summed E-state index contributed by atoms with van der Waals surface area (Å²) in [5.74, 6) is 0.167. The van der Waals surface area contributed by atoms with E-state index in [1.165, 1.54) is 18.9 Å². The summed E-state index contributed by atoms with van der Waals surface area (Å²) in [5, 5.41) is 1.31. The third-order valence-corrected chi connectivity index (χ3v) is 3.85. The number of pyridine rings is 1. The van der Waals surface area contributed by atoms with Gasteiger partial charge in [-0.15, -0.1) is 0 Å². The van der Waals surface area contributed by atoms with Crippen LogP contribution < -0.4 is 0 Å². The molecule has 1 heterocycles. The Hall–Kier alpha value is -1.15. The largest absolute Gasteiger partial charge is 0.249 e. The minimum atomic E-state index is -0.288. The molecule has 88 valence electrons. The fraction of sp³-hybridized carbons (Fsp3) is 0.357. The lowest BCUT2D eigenvalue weighted by Crippen LogP contribution is -1.98. The molecule has 0 radical (unpaired) electrons. The van der Waals surface area contributed by atoms with Crippen LogP contribution in [0.2, 0.25) is 5.02 Å². The molecule has 0 saturated heterocycles. The molecule has 1 fully saturated rings. The molecule has 2 aromatic rings. The molecule has 0 amide bonds. The van der Waals surface area contributed by atoms with Gasteiger partial charge in [0, 0.05) is 17.0 Å². The zero-order chi connectivity index (χ0) is 11.8. The third kappa shape index (κ3) is 1.91. The maximum absolute atomic E-state index is 13.7. The second-order valence-electron chi connectivity index (χ2n) is 4.65. The van der Waals surface area contributed by atoms with Crippen LogP contribution in [0.5, 0.6) is 0 Å². The van der Waals surface area contributed by atoms with Gasteiger partial charge in [0.1, 0.15) is 11.3 Å². The van der Waals surface area contributed by atoms with Crippen LogP contribution in [-0.2, 0) is 0 Å². The van der Waals surface area contributed by atoms with Crippen molar-refractivity contribution in [3.05, 3.63) is 40.8 Å². The Bertz CT molecular complexity index is 561. The molecule has 1 aromatic heterocycles. The number of benzene rings is 1. The molecule has 3 heteroatoms. The van der Waals surface area contributed by atoms with Gasteiger partial charge in [-0.3, -0.25) is 0 Å². The van der Waals surface area contributed by atoms with Crippen LogP contribution in [0.1, 0.15) is 37.3 Å². The Morgan fingerprint density at radius 1 is 1.24 bits per heavy atom. The van der Waals surface area contributed by atoms with Crippen molar-refractivity contribution in [1.29, 1.82) is 0 Å². The molecule has 3 rings (SSSR count). The van der Waals surface area contributed by atoms with Gasteiger partial charge in [-0.25, -0.2) is 9.37 Å². The fourth-order valence-electron chi connectivity index (χ4n) is 2.62. The third-order valence-electron chi connectivity index (χ3n) is 3.53. The number of fused-ring (bicyclic) bond motifs is 1. The quantitative estimate of drug-likeness (QED) is 0.715. The van der Waals surface area contributed by atoms with Gasteiger partial charge >= 0.3 is 0 Å². The van der Waals surface area contributed by atoms with Gasteiger partial charge in [0.2, 0.25) is 0 Å². The van der Waals surface area contributed by atoms with E-state index in [1.54, 1.807) is 6.07 Å². The van der Waals surface area contributed by atoms with Crippen molar-refractivity contribution >= 4 is 22.5 Å². The topological polar surface area (TPSA) is 12.9 Å². The van der Waals surface area contributed by atoms with Gasteiger partial charge in [-0.1, -0.05) is 36.6 Å². The summed E-state index contributed by atoms with van der Waals surface area (Å²) in [6.07, 6.45) is 4.76. The molecule has 0 aliphatic heterocycles. The summed E-state index contributed by atoms with van der Waals surface area (Å²) < 4.78 is 13.7. The van der Waals surface area contributed by atoms with E-state index >= 15 is 0 Å². The predicted molar refractivity (Wildman–Crippen MR) is 67.9 cm³/mol. The normalized spacial score (nSPS) is 16.8. The van der Waals surface area contributed by atoms with Gasteiger partial charge in [0.05, 0.1) is 5.02 Å². The minimum Gasteiger partial charge on any atom is -0.249 e. The van der Waals surface area contributed by atoms with Crippen LogP contribution in [0.25, 0.3) is 10.9 Å². The average molecular weight is 250 g/mol. The number of aromatic nitrogens is 1. The van der Waals surface area contributed by atoms with Crippen LogP contribution in [0.3, 0.4) is 0 Å². The molecule has 1 aliphatic rings. The predicted octanol–water partition coefficient (Wildman–Crippen LogP) is 4.68. The Balaban J connectivity index is 2.18. The Labute approximate surface area is 105 Å². The van der Waals surface area contributed by atoms with E-state index in [9.17, 15) is 4.39 Å². The highest BCUT2D eigenvalue weighted by Gasteiger charge is 2.20. The lowest BCUT2D eigenvalue weighted by Gasteiger charge is -2.11. The van der Waals surface area contributed by atoms with Crippen LogP contribution in [-0.4, -0.2) is 4.98 Å². The first kappa shape index (κ1) is 11.0. The second-order valence-corrected chi connectivity index (χ2v) is 5.05. The molecule has 1 nitrogen and oxygen atoms in total. The Morgan fingerprint density at radius 3 is 2.76 bits per heavy atom. The number of nitrogens with zero attached hydrogens (tertiary/aromatic N) is 1. The van der Waals surface area contributed by atoms with Gasteiger partial charge in [-0.2, -0.15) is 0 Å². The molecule has 0 unspecified atom stereocenters. The van der Waals surface area contributed by atoms with Crippen LogP contribution in [0.4, 0.5) is 4.39 Å². The van der Waals surface area contributed by atoms with Crippen molar-refractivity contribution < 1.29 is 4.39 Å². The van der Waals surface area contributed by atoms with Crippen molar-refractivity contribution in [3.8, 4) is 0 Å². The van der Waals surface area contributed by atoms with E-state index in [1.807, 2.05) is 12.1 Å². The molecular formula is C14H13ClFN. The highest BCUT2D eigenvalue weighted by molar-refractivity contribution is 6.35. The lowest BCUT2D eigenvalue weighted by atomic mass is 10.0. The Morgan fingerprint density at radius 2 is 2.00 bits per heavy atom. The maximum Gasteiger partial charge on any atom is 0.149 e. The summed E-state index contributed by atoms with van der Waals surface area (Å²) in [5.41, 5.74) is 1.35. The van der Waals surface area contributed by atoms with Gasteiger partial charge in [0.15, 0.2) is 0 Å². The van der Waals surface area contributed by atoms with Crippen LogP contribution in [0, 0.1) is 5.82 Å². The van der Waals surface area contributed by atoms with E-state index in [2.05, 4.69) is 4.98 Å². The highest BCUT2D eigenvalue weighted by atomic mass is 35.5. The standard InChI is InChI=1S/C14H13ClFN/c15-11-8-13(9-4-1-2-5-9)17-14-10(11)6-3-7-12(14)16/h3,6-9H,1-2,4-5H2. The number of rotatable bonds is 1. The summed E-state index contributed by atoms with van der Waals surface area (Å²) in [6.45, 7) is 0. The van der Waals surface area contributed by atoms with Crippen LogP contribution in [0.15, 0.2) is 24.3 Å². The minimum absolute atomic E-state index is 0.288. The summed E-state index contributed by atoms with van der Waals surface area (Å²) in [7, 11) is 0. The summed E-state index contributed by atoms with van der Waals surface area (Å²) in [4.78, 5) is 4.46. The van der Waals surface area contributed by atoms with Crippen molar-refractivity contribution in [2.45, 2.75) is 31.6 Å². The zero-order valence-electron chi connectivity index (χ0n) is 9.42. The Kier molecular flexibility index (Phi) is 2.75. The number of halogens is 2. The van der Waals surface area contributed by atoms with E-state index in [0.717, 1.165) is 18.5 Å². The molecule has 0 N–H and O–H groups in total. The van der Waals surface area contributed by atoms with E-state index in [0.29, 0.717) is 21.8 Å². The van der Waals surface area contributed by atoms with Crippen molar-refractivity contribution in [2.75, 3.05) is 0 Å². The molecule has 1 aliphatic carbocycles. The number of para-hydroxylation sites is 1. The molecule has 0 bridgehead atoms. The van der Waals surface area contributed by atoms with Gasteiger partial charge < -0.3 is 0 Å². The number of hydrogen-bond donors (Lipinski definition) is 0. The van der Waals surface area contributed by atoms with Crippen molar-refractivity contribution in [1.82, 2.24) is 4.98 Å². The van der Waals surface area contributed by atoms with E-state index in [-0.39, 0.29) is 5.82 Å². The first-order valence-corrected chi connectivity index (χ1v) is 6.38. The van der Waals surface area contributed by atoms with Crippen molar-refractivity contribution in [3.63, 3.8) is 0 Å². The average Bonchev–Trinajstić information content (AvgIpc) is 2.84. The van der Waals surface area contributed by atoms with Gasteiger partial charge in [0.25, 0.3) is 0 Å². The molecular weight excluding hydrogens is 237 g/mol. The van der Waals surface area contributed by atoms with Crippen molar-refractivity contribution in [2.24, 2.45) is 0 Å². The summed E-state index contributed by atoms with van der Waals surface area (Å²) in [6, 6.07) is 6.82. The van der Waals surface area contributed by atoms with Gasteiger partial charge in [-0.05, 0) is 25.0 Å². The van der Waals surface area contributed by atoms with Crippen LogP contribution >= 0.6 is 11.6 Å². The van der Waals surface area contributed by atoms with E-state index in [4.69, 9.17) is 11.6 Å². The molecule has 1 saturated carbocycles. The smallest absolute Gasteiger partial charge is 0.149 e. The first-order chi connectivity index (χ1) is 8.25. The molecule has 17 heavy (non-hydrogen) atoms. The second kappa shape index (κ2) is 4.26. The summed E-state index contributed by atoms with van der Waals surface area (Å²) >= 11 is 6.21. The number of hydrogen-bond acceptors (Lipinski definition) is 1. The first-order valence-electron chi connectivity index (χ1n) is 6.00. The van der Waals surface area contributed by atoms with E-state index < -0.39 is 0 Å². The highest BCUT2D eigenvalue weighted by Crippen LogP contribution is 2.36. The molecule has 0 atom stereocenters.